The molecule has 0 fully saturated rings. The van der Waals surface area contributed by atoms with Crippen LogP contribution < -0.4 is 0 Å². The first kappa shape index (κ1) is 30.2. The predicted octanol–water partition coefficient (Wildman–Crippen LogP) is 14.6. The lowest BCUT2D eigenvalue weighted by Crippen LogP contribution is -1.93. The summed E-state index contributed by atoms with van der Waals surface area (Å²) in [6, 6.07) is 22.9. The number of unbranched alkanes of at least 4 members (excludes halogenated alkanes) is 6. The van der Waals surface area contributed by atoms with Gasteiger partial charge >= 0.3 is 0 Å². The van der Waals surface area contributed by atoms with Crippen LogP contribution in [-0.2, 0) is 12.8 Å². The highest BCUT2D eigenvalue weighted by atomic mass is 32.1. The van der Waals surface area contributed by atoms with Gasteiger partial charge in [-0.15, -0.1) is 68.0 Å². The highest BCUT2D eigenvalue weighted by Crippen LogP contribution is 2.46. The third-order valence-electron chi connectivity index (χ3n) is 7.70. The zero-order valence-electron chi connectivity index (χ0n) is 24.4. The molecular formula is C36H38S6. The molecule has 6 heterocycles. The van der Waals surface area contributed by atoms with Crippen molar-refractivity contribution in [2.45, 2.75) is 78.1 Å². The van der Waals surface area contributed by atoms with Crippen molar-refractivity contribution < 1.29 is 0 Å². The van der Waals surface area contributed by atoms with Gasteiger partial charge in [-0.25, -0.2) is 0 Å². The van der Waals surface area contributed by atoms with Gasteiger partial charge in [-0.3, -0.25) is 0 Å². The van der Waals surface area contributed by atoms with Crippen LogP contribution in [0.5, 0.6) is 0 Å². The second-order valence-electron chi connectivity index (χ2n) is 10.8. The molecule has 6 aromatic rings. The van der Waals surface area contributed by atoms with Crippen molar-refractivity contribution in [3.8, 4) is 48.8 Å². The minimum absolute atomic E-state index is 1.23. The van der Waals surface area contributed by atoms with E-state index in [0.717, 1.165) is 0 Å². The van der Waals surface area contributed by atoms with E-state index in [-0.39, 0.29) is 0 Å². The van der Waals surface area contributed by atoms with E-state index in [4.69, 9.17) is 0 Å². The summed E-state index contributed by atoms with van der Waals surface area (Å²) in [6.45, 7) is 4.61. The molecule has 0 nitrogen and oxygen atoms in total. The van der Waals surface area contributed by atoms with Gasteiger partial charge in [0.05, 0.1) is 0 Å². The molecule has 0 unspecified atom stereocenters. The van der Waals surface area contributed by atoms with E-state index < -0.39 is 0 Å². The quantitative estimate of drug-likeness (QED) is 0.0960. The van der Waals surface area contributed by atoms with Crippen LogP contribution in [0.25, 0.3) is 48.8 Å². The molecule has 218 valence electrons. The lowest BCUT2D eigenvalue weighted by Gasteiger charge is -2.07. The fourth-order valence-corrected chi connectivity index (χ4v) is 11.8. The van der Waals surface area contributed by atoms with Crippen molar-refractivity contribution in [1.82, 2.24) is 0 Å². The molecule has 0 saturated carbocycles. The molecule has 0 spiro atoms. The maximum Gasteiger partial charge on any atom is 0.0477 e. The molecule has 0 saturated heterocycles. The van der Waals surface area contributed by atoms with Crippen LogP contribution in [0.1, 0.15) is 76.3 Å². The van der Waals surface area contributed by atoms with Crippen molar-refractivity contribution in [3.63, 3.8) is 0 Å². The number of aryl methyl sites for hydroxylation is 1. The normalized spacial score (nSPS) is 11.6. The maximum absolute atomic E-state index is 2.48. The van der Waals surface area contributed by atoms with Gasteiger partial charge in [-0.05, 0) is 102 Å². The van der Waals surface area contributed by atoms with E-state index >= 15 is 0 Å². The minimum atomic E-state index is 1.23. The van der Waals surface area contributed by atoms with Crippen LogP contribution >= 0.6 is 68.0 Å². The Morgan fingerprint density at radius 2 is 0.929 bits per heavy atom. The largest absolute Gasteiger partial charge is 0.143 e. The highest BCUT2D eigenvalue weighted by Gasteiger charge is 2.17. The van der Waals surface area contributed by atoms with Gasteiger partial charge in [0.15, 0.2) is 0 Å². The van der Waals surface area contributed by atoms with Crippen molar-refractivity contribution in [3.05, 3.63) is 82.6 Å². The van der Waals surface area contributed by atoms with Gasteiger partial charge in [0, 0.05) is 48.8 Å². The van der Waals surface area contributed by atoms with E-state index in [1.165, 1.54) is 113 Å². The van der Waals surface area contributed by atoms with E-state index in [2.05, 4.69) is 85.3 Å². The lowest BCUT2D eigenvalue weighted by atomic mass is 9.98. The molecular weight excluding hydrogens is 625 g/mol. The molecule has 6 heteroatoms. The summed E-state index contributed by atoms with van der Waals surface area (Å²) < 4.78 is 0. The summed E-state index contributed by atoms with van der Waals surface area (Å²) in [4.78, 5) is 13.9. The van der Waals surface area contributed by atoms with Crippen LogP contribution in [0.2, 0.25) is 0 Å². The van der Waals surface area contributed by atoms with E-state index in [0.29, 0.717) is 0 Å². The third kappa shape index (κ3) is 7.11. The van der Waals surface area contributed by atoms with Crippen LogP contribution in [0.3, 0.4) is 0 Å². The zero-order chi connectivity index (χ0) is 28.7. The number of hydrogen-bond donors (Lipinski definition) is 0. The molecule has 0 radical (unpaired) electrons. The Hall–Kier alpha value is -1.80. The molecule has 0 amide bonds. The van der Waals surface area contributed by atoms with Gasteiger partial charge in [0.1, 0.15) is 0 Å². The van der Waals surface area contributed by atoms with Gasteiger partial charge in [-0.2, -0.15) is 0 Å². The Morgan fingerprint density at radius 3 is 1.43 bits per heavy atom. The van der Waals surface area contributed by atoms with Crippen LogP contribution in [0, 0.1) is 0 Å². The molecule has 6 aromatic heterocycles. The molecule has 0 bridgehead atoms. The smallest absolute Gasteiger partial charge is 0.0477 e. The van der Waals surface area contributed by atoms with Gasteiger partial charge in [-0.1, -0.05) is 58.4 Å². The standard InChI is InChI=1S/C36H38S6/c1-3-5-7-9-12-25-24-38-36(26(25)13-10-8-6-4-2)35-22-21-34(42-35)33-20-19-32(41-33)31-18-17-30(40-31)29-16-15-28(39-29)27-14-11-23-37-27/h11,14-24H,3-10,12-13H2,1-2H3. The summed E-state index contributed by atoms with van der Waals surface area (Å²) in [6.07, 6.45) is 13.1. The third-order valence-corrected chi connectivity index (χ3v) is 14.9. The molecule has 0 N–H and O–H groups in total. The molecule has 6 rings (SSSR count). The van der Waals surface area contributed by atoms with E-state index in [1.54, 1.807) is 11.1 Å². The van der Waals surface area contributed by atoms with Gasteiger partial charge in [0.2, 0.25) is 0 Å². The fraction of sp³-hybridized carbons (Fsp3) is 0.333. The summed E-state index contributed by atoms with van der Waals surface area (Å²) in [7, 11) is 0. The molecule has 42 heavy (non-hydrogen) atoms. The molecule has 0 aliphatic heterocycles. The number of hydrogen-bond acceptors (Lipinski definition) is 6. The fourth-order valence-electron chi connectivity index (χ4n) is 5.40. The Balaban J connectivity index is 1.18. The first-order valence-corrected chi connectivity index (χ1v) is 20.3. The van der Waals surface area contributed by atoms with Crippen molar-refractivity contribution >= 4 is 68.0 Å². The first-order valence-electron chi connectivity index (χ1n) is 15.3. The van der Waals surface area contributed by atoms with E-state index in [9.17, 15) is 0 Å². The van der Waals surface area contributed by atoms with Crippen LogP contribution in [-0.4, -0.2) is 0 Å². The van der Waals surface area contributed by atoms with Gasteiger partial charge < -0.3 is 0 Å². The summed E-state index contributed by atoms with van der Waals surface area (Å²) in [5.41, 5.74) is 3.27. The van der Waals surface area contributed by atoms with Crippen molar-refractivity contribution in [2.75, 3.05) is 0 Å². The van der Waals surface area contributed by atoms with Gasteiger partial charge in [0.25, 0.3) is 0 Å². The minimum Gasteiger partial charge on any atom is -0.143 e. The average Bonchev–Trinajstić information content (AvgIpc) is 3.83. The molecule has 0 aliphatic carbocycles. The summed E-state index contributed by atoms with van der Waals surface area (Å²) in [5, 5.41) is 4.63. The molecule has 0 aliphatic rings. The van der Waals surface area contributed by atoms with Crippen molar-refractivity contribution in [1.29, 1.82) is 0 Å². The Labute approximate surface area is 275 Å². The SMILES string of the molecule is CCCCCCc1csc(-c2ccc(-c3ccc(-c4ccc(-c5ccc(-c6cccs6)s5)s4)s3)s2)c1CCCCCC. The maximum atomic E-state index is 2.48. The first-order chi connectivity index (χ1) is 20.7. The van der Waals surface area contributed by atoms with E-state index in [1.807, 2.05) is 68.0 Å². The predicted molar refractivity (Wildman–Crippen MR) is 197 cm³/mol. The number of rotatable bonds is 15. The lowest BCUT2D eigenvalue weighted by molar-refractivity contribution is 0.652. The highest BCUT2D eigenvalue weighted by molar-refractivity contribution is 7.30. The number of thiophene rings is 6. The Morgan fingerprint density at radius 1 is 0.452 bits per heavy atom. The Kier molecular flexibility index (Phi) is 10.6. The topological polar surface area (TPSA) is 0 Å². The Bertz CT molecular complexity index is 1660. The average molecular weight is 663 g/mol. The van der Waals surface area contributed by atoms with Crippen LogP contribution in [0.4, 0.5) is 0 Å². The monoisotopic (exact) mass is 662 g/mol. The second-order valence-corrected chi connectivity index (χ2v) is 17.0. The zero-order valence-corrected chi connectivity index (χ0v) is 29.3. The summed E-state index contributed by atoms with van der Waals surface area (Å²) >= 11 is 11.5. The molecule has 0 aromatic carbocycles. The van der Waals surface area contributed by atoms with Crippen molar-refractivity contribution in [2.24, 2.45) is 0 Å². The van der Waals surface area contributed by atoms with Crippen LogP contribution in [0.15, 0.2) is 71.4 Å². The second kappa shape index (κ2) is 14.8. The molecule has 0 atom stereocenters. The summed E-state index contributed by atoms with van der Waals surface area (Å²) in [5.74, 6) is 0.